The van der Waals surface area contributed by atoms with Gasteiger partial charge in [-0.3, -0.25) is 4.79 Å². The molecule has 3 nitrogen and oxygen atoms in total. The molecule has 2 aromatic carbocycles. The van der Waals surface area contributed by atoms with E-state index in [1.54, 1.807) is 48.7 Å². The molecule has 0 unspecified atom stereocenters. The molecule has 1 N–H and O–H groups in total. The minimum Gasteiger partial charge on any atom is -0.494 e. The van der Waals surface area contributed by atoms with Crippen molar-refractivity contribution in [2.45, 2.75) is 19.8 Å². The van der Waals surface area contributed by atoms with E-state index in [1.165, 1.54) is 6.08 Å². The van der Waals surface area contributed by atoms with E-state index in [9.17, 15) is 4.79 Å². The zero-order valence-corrected chi connectivity index (χ0v) is 14.9. The first-order valence-electron chi connectivity index (χ1n) is 7.75. The number of rotatable bonds is 8. The minimum atomic E-state index is -0.101. The SMILES string of the molecule is CCCCOc1ccc(C(=O)/C=C/Nc2cc(Cl)cc(Cl)c2)cc1. The van der Waals surface area contributed by atoms with Gasteiger partial charge in [0.1, 0.15) is 5.75 Å². The highest BCUT2D eigenvalue weighted by Crippen LogP contribution is 2.22. The van der Waals surface area contributed by atoms with Crippen molar-refractivity contribution in [2.24, 2.45) is 0 Å². The third-order valence-electron chi connectivity index (χ3n) is 3.25. The van der Waals surface area contributed by atoms with Crippen LogP contribution in [0.2, 0.25) is 10.0 Å². The van der Waals surface area contributed by atoms with Crippen molar-refractivity contribution in [1.29, 1.82) is 0 Å². The van der Waals surface area contributed by atoms with Crippen molar-refractivity contribution in [3.63, 3.8) is 0 Å². The largest absolute Gasteiger partial charge is 0.494 e. The molecule has 5 heteroatoms. The van der Waals surface area contributed by atoms with Gasteiger partial charge in [-0.25, -0.2) is 0 Å². The highest BCUT2D eigenvalue weighted by atomic mass is 35.5. The first kappa shape index (κ1) is 18.4. The van der Waals surface area contributed by atoms with Gasteiger partial charge in [0, 0.05) is 33.6 Å². The molecular formula is C19H19Cl2NO2. The van der Waals surface area contributed by atoms with Crippen molar-refractivity contribution in [3.05, 3.63) is 70.3 Å². The first-order valence-corrected chi connectivity index (χ1v) is 8.50. The summed E-state index contributed by atoms with van der Waals surface area (Å²) >= 11 is 11.8. The molecule has 0 radical (unpaired) electrons. The number of unbranched alkanes of at least 4 members (excludes halogenated alkanes) is 1. The van der Waals surface area contributed by atoms with E-state index < -0.39 is 0 Å². The molecule has 0 aliphatic carbocycles. The molecule has 0 aromatic heterocycles. The fourth-order valence-corrected chi connectivity index (χ4v) is 2.52. The van der Waals surface area contributed by atoms with Gasteiger partial charge in [-0.05, 0) is 48.9 Å². The maximum Gasteiger partial charge on any atom is 0.187 e. The summed E-state index contributed by atoms with van der Waals surface area (Å²) in [6.45, 7) is 2.80. The van der Waals surface area contributed by atoms with Crippen molar-refractivity contribution >= 4 is 34.7 Å². The lowest BCUT2D eigenvalue weighted by Gasteiger charge is -2.05. The molecule has 0 spiro atoms. The maximum absolute atomic E-state index is 12.1. The van der Waals surface area contributed by atoms with Gasteiger partial charge in [-0.2, -0.15) is 0 Å². The van der Waals surface area contributed by atoms with Gasteiger partial charge >= 0.3 is 0 Å². The normalized spacial score (nSPS) is 10.8. The second-order valence-electron chi connectivity index (χ2n) is 5.23. The third kappa shape index (κ3) is 5.91. The predicted octanol–water partition coefficient (Wildman–Crippen LogP) is 5.98. The van der Waals surface area contributed by atoms with Gasteiger partial charge < -0.3 is 10.1 Å². The molecule has 0 fully saturated rings. The van der Waals surface area contributed by atoms with Crippen LogP contribution in [0.3, 0.4) is 0 Å². The summed E-state index contributed by atoms with van der Waals surface area (Å²) in [4.78, 5) is 12.1. The Labute approximate surface area is 152 Å². The maximum atomic E-state index is 12.1. The Kier molecular flexibility index (Phi) is 7.16. The fraction of sp³-hybridized carbons (Fsp3) is 0.211. The molecular weight excluding hydrogens is 345 g/mol. The number of ketones is 1. The topological polar surface area (TPSA) is 38.3 Å². The van der Waals surface area contributed by atoms with Crippen LogP contribution in [0.25, 0.3) is 0 Å². The number of carbonyl (C=O) groups excluding carboxylic acids is 1. The highest BCUT2D eigenvalue weighted by molar-refractivity contribution is 6.35. The van der Waals surface area contributed by atoms with E-state index in [0.717, 1.165) is 24.3 Å². The molecule has 0 saturated carbocycles. The molecule has 0 amide bonds. The van der Waals surface area contributed by atoms with Crippen molar-refractivity contribution in [3.8, 4) is 5.75 Å². The van der Waals surface area contributed by atoms with Crippen LogP contribution in [0.15, 0.2) is 54.7 Å². The van der Waals surface area contributed by atoms with Crippen LogP contribution in [0, 0.1) is 0 Å². The monoisotopic (exact) mass is 363 g/mol. The van der Waals surface area contributed by atoms with Crippen LogP contribution >= 0.6 is 23.2 Å². The van der Waals surface area contributed by atoms with Crippen LogP contribution in [-0.2, 0) is 0 Å². The van der Waals surface area contributed by atoms with Crippen LogP contribution in [-0.4, -0.2) is 12.4 Å². The molecule has 0 saturated heterocycles. The summed E-state index contributed by atoms with van der Waals surface area (Å²) in [5.41, 5.74) is 1.32. The van der Waals surface area contributed by atoms with E-state index in [0.29, 0.717) is 22.2 Å². The molecule has 2 rings (SSSR count). The predicted molar refractivity (Wildman–Crippen MR) is 100 cm³/mol. The Morgan fingerprint density at radius 1 is 1.12 bits per heavy atom. The zero-order chi connectivity index (χ0) is 17.4. The van der Waals surface area contributed by atoms with E-state index in [4.69, 9.17) is 27.9 Å². The van der Waals surface area contributed by atoms with Gasteiger partial charge in [-0.1, -0.05) is 36.5 Å². The number of carbonyl (C=O) groups is 1. The Hall–Kier alpha value is -1.97. The summed E-state index contributed by atoms with van der Waals surface area (Å²) < 4.78 is 5.58. The Morgan fingerprint density at radius 3 is 2.42 bits per heavy atom. The van der Waals surface area contributed by atoms with E-state index in [1.807, 2.05) is 0 Å². The number of hydrogen-bond acceptors (Lipinski definition) is 3. The fourth-order valence-electron chi connectivity index (χ4n) is 2.00. The first-order chi connectivity index (χ1) is 11.6. The number of benzene rings is 2. The number of anilines is 1. The van der Waals surface area contributed by atoms with Crippen LogP contribution in [0.5, 0.6) is 5.75 Å². The Balaban J connectivity index is 1.91. The second kappa shape index (κ2) is 9.36. The second-order valence-corrected chi connectivity index (χ2v) is 6.10. The summed E-state index contributed by atoms with van der Waals surface area (Å²) in [6, 6.07) is 12.2. The van der Waals surface area contributed by atoms with Gasteiger partial charge in [0.05, 0.1) is 6.61 Å². The van der Waals surface area contributed by atoms with Gasteiger partial charge in [0.2, 0.25) is 0 Å². The summed E-state index contributed by atoms with van der Waals surface area (Å²) in [7, 11) is 0. The number of allylic oxidation sites excluding steroid dienone is 1. The number of hydrogen-bond donors (Lipinski definition) is 1. The highest BCUT2D eigenvalue weighted by Gasteiger charge is 2.02. The van der Waals surface area contributed by atoms with E-state index >= 15 is 0 Å². The average molecular weight is 364 g/mol. The van der Waals surface area contributed by atoms with Crippen LogP contribution in [0.4, 0.5) is 5.69 Å². The molecule has 0 aliphatic rings. The van der Waals surface area contributed by atoms with Gasteiger partial charge in [-0.15, -0.1) is 0 Å². The number of nitrogens with one attached hydrogen (secondary N) is 1. The summed E-state index contributed by atoms with van der Waals surface area (Å²) in [5.74, 6) is 0.673. The molecule has 0 heterocycles. The third-order valence-corrected chi connectivity index (χ3v) is 3.69. The molecule has 24 heavy (non-hydrogen) atoms. The lowest BCUT2D eigenvalue weighted by atomic mass is 10.1. The average Bonchev–Trinajstić information content (AvgIpc) is 2.55. The van der Waals surface area contributed by atoms with Crippen molar-refractivity contribution in [1.82, 2.24) is 0 Å². The van der Waals surface area contributed by atoms with Crippen LogP contribution < -0.4 is 10.1 Å². The standard InChI is InChI=1S/C19H19Cl2NO2/c1-2-3-10-24-18-6-4-14(5-7-18)19(23)8-9-22-17-12-15(20)11-16(21)13-17/h4-9,11-13,22H,2-3,10H2,1H3/b9-8+. The number of halogens is 2. The quantitative estimate of drug-likeness (QED) is 0.356. The van der Waals surface area contributed by atoms with Crippen molar-refractivity contribution < 1.29 is 9.53 Å². The molecule has 0 atom stereocenters. The van der Waals surface area contributed by atoms with Crippen molar-refractivity contribution in [2.75, 3.05) is 11.9 Å². The Bertz CT molecular complexity index is 692. The van der Waals surface area contributed by atoms with Crippen LogP contribution in [0.1, 0.15) is 30.1 Å². The molecule has 0 bridgehead atoms. The van der Waals surface area contributed by atoms with Gasteiger partial charge in [0.15, 0.2) is 5.78 Å². The Morgan fingerprint density at radius 2 is 1.79 bits per heavy atom. The molecule has 0 aliphatic heterocycles. The van der Waals surface area contributed by atoms with E-state index in [-0.39, 0.29) is 5.78 Å². The summed E-state index contributed by atoms with van der Waals surface area (Å²) in [6.07, 6.45) is 5.13. The minimum absolute atomic E-state index is 0.101. The van der Waals surface area contributed by atoms with E-state index in [2.05, 4.69) is 12.2 Å². The number of ether oxygens (including phenoxy) is 1. The molecule has 126 valence electrons. The molecule has 2 aromatic rings. The summed E-state index contributed by atoms with van der Waals surface area (Å²) in [5, 5.41) is 4.04. The smallest absolute Gasteiger partial charge is 0.187 e. The lowest BCUT2D eigenvalue weighted by Crippen LogP contribution is -1.99. The van der Waals surface area contributed by atoms with Gasteiger partial charge in [0.25, 0.3) is 0 Å². The lowest BCUT2D eigenvalue weighted by molar-refractivity contribution is 0.104. The zero-order valence-electron chi connectivity index (χ0n) is 13.4.